The summed E-state index contributed by atoms with van der Waals surface area (Å²) in [6.45, 7) is 0. The molecule has 0 saturated carbocycles. The number of rotatable bonds is 3. The second-order valence-electron chi connectivity index (χ2n) is 3.31. The van der Waals surface area contributed by atoms with Crippen LogP contribution in [0.5, 0.6) is 0 Å². The number of nitrogens with two attached hydrogens (primary N) is 1. The normalized spacial score (nSPS) is 25.2. The van der Waals surface area contributed by atoms with E-state index in [1.54, 1.807) is 0 Å². The molecule has 2 atom stereocenters. The topological polar surface area (TPSA) is 63.3 Å². The van der Waals surface area contributed by atoms with Gasteiger partial charge in [0.15, 0.2) is 0 Å². The van der Waals surface area contributed by atoms with Gasteiger partial charge in [0.2, 0.25) is 0 Å². The van der Waals surface area contributed by atoms with Gasteiger partial charge in [-0.2, -0.15) is 0 Å². The molecule has 1 unspecified atom stereocenters. The van der Waals surface area contributed by atoms with Crippen molar-refractivity contribution in [2.24, 2.45) is 11.7 Å². The maximum absolute atomic E-state index is 10.4. The third-order valence-electron chi connectivity index (χ3n) is 2.33. The number of carboxylic acid groups (broad SMARTS) is 1. The van der Waals surface area contributed by atoms with Crippen LogP contribution in [0.2, 0.25) is 0 Å². The van der Waals surface area contributed by atoms with Gasteiger partial charge in [0, 0.05) is 6.04 Å². The average Bonchev–Trinajstić information content (AvgIpc) is 2.05. The smallest absolute Gasteiger partial charge is 0.304 e. The summed E-state index contributed by atoms with van der Waals surface area (Å²) in [6.07, 6.45) is 7.33. The molecule has 0 fully saturated rings. The first-order chi connectivity index (χ1) is 5.70. The van der Waals surface area contributed by atoms with Crippen LogP contribution in [0.25, 0.3) is 0 Å². The monoisotopic (exact) mass is 169 g/mol. The zero-order valence-electron chi connectivity index (χ0n) is 7.07. The van der Waals surface area contributed by atoms with Gasteiger partial charge in [-0.3, -0.25) is 4.79 Å². The Morgan fingerprint density at radius 2 is 2.42 bits per heavy atom. The Bertz CT molecular complexity index is 189. The molecule has 1 rings (SSSR count). The maximum Gasteiger partial charge on any atom is 0.304 e. The van der Waals surface area contributed by atoms with Crippen LogP contribution in [0.4, 0.5) is 0 Å². The van der Waals surface area contributed by atoms with Gasteiger partial charge in [0.05, 0.1) is 6.42 Å². The predicted molar refractivity (Wildman–Crippen MR) is 46.7 cm³/mol. The van der Waals surface area contributed by atoms with E-state index < -0.39 is 5.97 Å². The lowest BCUT2D eigenvalue weighted by Gasteiger charge is -2.23. The van der Waals surface area contributed by atoms with Gasteiger partial charge in [0.1, 0.15) is 0 Å². The third kappa shape index (κ3) is 2.66. The minimum absolute atomic E-state index is 0.0957. The third-order valence-corrected chi connectivity index (χ3v) is 2.33. The predicted octanol–water partition coefficient (Wildman–Crippen LogP) is 1.14. The van der Waals surface area contributed by atoms with Gasteiger partial charge >= 0.3 is 5.97 Å². The van der Waals surface area contributed by atoms with E-state index >= 15 is 0 Å². The minimum Gasteiger partial charge on any atom is -0.481 e. The Kier molecular flexibility index (Phi) is 3.29. The van der Waals surface area contributed by atoms with E-state index in [2.05, 4.69) is 12.2 Å². The summed E-state index contributed by atoms with van der Waals surface area (Å²) in [4.78, 5) is 10.4. The van der Waals surface area contributed by atoms with Crippen LogP contribution in [0.3, 0.4) is 0 Å². The fraction of sp³-hybridized carbons (Fsp3) is 0.667. The second kappa shape index (κ2) is 4.26. The highest BCUT2D eigenvalue weighted by Gasteiger charge is 2.20. The molecule has 3 N–H and O–H groups in total. The van der Waals surface area contributed by atoms with Crippen LogP contribution in [0.15, 0.2) is 12.2 Å². The quantitative estimate of drug-likeness (QED) is 0.623. The molecule has 0 heterocycles. The molecule has 3 nitrogen and oxygen atoms in total. The molecular weight excluding hydrogens is 154 g/mol. The summed E-state index contributed by atoms with van der Waals surface area (Å²) in [5.74, 6) is -0.428. The number of hydrogen-bond acceptors (Lipinski definition) is 2. The van der Waals surface area contributed by atoms with Crippen LogP contribution in [-0.2, 0) is 4.79 Å². The van der Waals surface area contributed by atoms with E-state index in [1.165, 1.54) is 0 Å². The van der Waals surface area contributed by atoms with E-state index in [0.717, 1.165) is 19.3 Å². The molecule has 0 saturated heterocycles. The molecule has 3 heteroatoms. The van der Waals surface area contributed by atoms with Crippen molar-refractivity contribution < 1.29 is 9.90 Å². The zero-order valence-corrected chi connectivity index (χ0v) is 7.07. The average molecular weight is 169 g/mol. The lowest BCUT2D eigenvalue weighted by molar-refractivity contribution is -0.137. The van der Waals surface area contributed by atoms with E-state index in [0.29, 0.717) is 5.92 Å². The highest BCUT2D eigenvalue weighted by atomic mass is 16.4. The summed E-state index contributed by atoms with van der Waals surface area (Å²) in [7, 11) is 0. The summed E-state index contributed by atoms with van der Waals surface area (Å²) < 4.78 is 0. The van der Waals surface area contributed by atoms with Crippen molar-refractivity contribution in [2.45, 2.75) is 31.7 Å². The Hall–Kier alpha value is -0.830. The number of carboxylic acids is 1. The van der Waals surface area contributed by atoms with Crippen LogP contribution in [0, 0.1) is 5.92 Å². The van der Waals surface area contributed by atoms with Crippen LogP contribution in [0.1, 0.15) is 25.7 Å². The highest BCUT2D eigenvalue weighted by molar-refractivity contribution is 5.67. The zero-order chi connectivity index (χ0) is 8.97. The van der Waals surface area contributed by atoms with Gasteiger partial charge < -0.3 is 10.8 Å². The van der Waals surface area contributed by atoms with Gasteiger partial charge in [-0.05, 0) is 25.2 Å². The highest BCUT2D eigenvalue weighted by Crippen LogP contribution is 2.21. The number of aliphatic carboxylic acids is 1. The van der Waals surface area contributed by atoms with Crippen molar-refractivity contribution in [1.82, 2.24) is 0 Å². The fourth-order valence-corrected chi connectivity index (χ4v) is 1.57. The van der Waals surface area contributed by atoms with Crippen molar-refractivity contribution >= 4 is 5.97 Å². The Morgan fingerprint density at radius 1 is 1.67 bits per heavy atom. The van der Waals surface area contributed by atoms with E-state index in [9.17, 15) is 4.79 Å². The number of hydrogen-bond donors (Lipinski definition) is 2. The van der Waals surface area contributed by atoms with E-state index in [1.807, 2.05) is 0 Å². The molecule has 12 heavy (non-hydrogen) atoms. The Labute approximate surface area is 72.3 Å². The number of allylic oxidation sites excluding steroid dienone is 2. The first kappa shape index (κ1) is 9.26. The Morgan fingerprint density at radius 3 is 2.92 bits per heavy atom. The van der Waals surface area contributed by atoms with Crippen molar-refractivity contribution in [2.75, 3.05) is 0 Å². The molecule has 1 aliphatic rings. The molecule has 0 spiro atoms. The molecular formula is C9H15NO2. The van der Waals surface area contributed by atoms with Crippen LogP contribution < -0.4 is 5.73 Å². The van der Waals surface area contributed by atoms with Gasteiger partial charge in [0.25, 0.3) is 0 Å². The fourth-order valence-electron chi connectivity index (χ4n) is 1.57. The molecule has 0 aromatic heterocycles. The molecule has 1 aliphatic carbocycles. The van der Waals surface area contributed by atoms with Gasteiger partial charge in [-0.1, -0.05) is 12.2 Å². The van der Waals surface area contributed by atoms with Crippen molar-refractivity contribution in [3.05, 3.63) is 12.2 Å². The largest absolute Gasteiger partial charge is 0.481 e. The second-order valence-corrected chi connectivity index (χ2v) is 3.31. The molecule has 68 valence electrons. The van der Waals surface area contributed by atoms with Gasteiger partial charge in [-0.15, -0.1) is 0 Å². The van der Waals surface area contributed by atoms with Crippen molar-refractivity contribution in [1.29, 1.82) is 0 Å². The summed E-state index contributed by atoms with van der Waals surface area (Å²) in [5, 5.41) is 8.52. The van der Waals surface area contributed by atoms with E-state index in [-0.39, 0.29) is 12.5 Å². The number of carbonyl (C=O) groups is 1. The van der Waals surface area contributed by atoms with Crippen LogP contribution in [-0.4, -0.2) is 17.1 Å². The lowest BCUT2D eigenvalue weighted by atomic mass is 9.87. The molecule has 0 aromatic carbocycles. The maximum atomic E-state index is 10.4. The summed E-state index contributed by atoms with van der Waals surface area (Å²) in [6, 6.07) is -0.174. The van der Waals surface area contributed by atoms with E-state index in [4.69, 9.17) is 10.8 Å². The van der Waals surface area contributed by atoms with Gasteiger partial charge in [-0.25, -0.2) is 0 Å². The van der Waals surface area contributed by atoms with Crippen molar-refractivity contribution in [3.63, 3.8) is 0 Å². The molecule has 0 aliphatic heterocycles. The summed E-state index contributed by atoms with van der Waals surface area (Å²) in [5.41, 5.74) is 5.73. The molecule has 0 bridgehead atoms. The van der Waals surface area contributed by atoms with Crippen molar-refractivity contribution in [3.8, 4) is 0 Å². The first-order valence-corrected chi connectivity index (χ1v) is 4.32. The summed E-state index contributed by atoms with van der Waals surface area (Å²) >= 11 is 0. The van der Waals surface area contributed by atoms with Crippen LogP contribution >= 0.6 is 0 Å². The molecule has 0 radical (unpaired) electrons. The first-order valence-electron chi connectivity index (χ1n) is 4.32. The SMILES string of the molecule is N[C@H](CC(=O)O)C1CC=CCC1. The minimum atomic E-state index is -0.794. The molecule has 0 amide bonds. The standard InChI is InChI=1S/C9H15NO2/c10-8(6-9(11)12)7-4-2-1-3-5-7/h1-2,7-8H,3-6,10H2,(H,11,12)/t7?,8-/m1/s1. The molecule has 0 aromatic rings. The lowest BCUT2D eigenvalue weighted by Crippen LogP contribution is -2.32. The Balaban J connectivity index is 2.35.